The van der Waals surface area contributed by atoms with E-state index in [1.165, 1.54) is 0 Å². The number of anilines is 1. The molecule has 3 aromatic heterocycles. The molecule has 5 nitrogen and oxygen atoms in total. The molecule has 3 rings (SSSR count). The van der Waals surface area contributed by atoms with Gasteiger partial charge in [-0.25, -0.2) is 15.0 Å². The molecule has 0 bridgehead atoms. The van der Waals surface area contributed by atoms with Crippen molar-refractivity contribution >= 4 is 28.1 Å². The number of nitrogens with two attached hydrogens (primary N) is 1. The Morgan fingerprint density at radius 1 is 1.33 bits per heavy atom. The first-order valence-corrected chi connectivity index (χ1v) is 4.59. The first-order valence-electron chi connectivity index (χ1n) is 4.59. The van der Waals surface area contributed by atoms with Gasteiger partial charge in [-0.15, -0.1) is 0 Å². The van der Waals surface area contributed by atoms with E-state index in [9.17, 15) is 0 Å². The van der Waals surface area contributed by atoms with E-state index < -0.39 is 0 Å². The van der Waals surface area contributed by atoms with Gasteiger partial charge in [-0.2, -0.15) is 0 Å². The second-order valence-electron chi connectivity index (χ2n) is 3.41. The lowest BCUT2D eigenvalue weighted by molar-refractivity contribution is 0.949. The molecule has 3 heterocycles. The van der Waals surface area contributed by atoms with Crippen LogP contribution in [0.2, 0.25) is 0 Å². The molecule has 3 aromatic rings. The number of nitrogens with zero attached hydrogens (tertiary/aromatic N) is 4. The Labute approximate surface area is 85.6 Å². The third kappa shape index (κ3) is 1.06. The molecule has 0 spiro atoms. The summed E-state index contributed by atoms with van der Waals surface area (Å²) in [5, 5.41) is 0.975. The van der Waals surface area contributed by atoms with Gasteiger partial charge in [-0.05, 0) is 18.2 Å². The summed E-state index contributed by atoms with van der Waals surface area (Å²) in [6.07, 6.45) is 1.72. The fraction of sp³-hybridized carbons (Fsp3) is 0.100. The summed E-state index contributed by atoms with van der Waals surface area (Å²) in [5.74, 6) is 0.466. The fourth-order valence-corrected chi connectivity index (χ4v) is 1.62. The topological polar surface area (TPSA) is 69.6 Å². The Bertz CT molecular complexity index is 655. The summed E-state index contributed by atoms with van der Waals surface area (Å²) in [6.45, 7) is 0. The summed E-state index contributed by atoms with van der Waals surface area (Å²) < 4.78 is 1.75. The average Bonchev–Trinajstić information content (AvgIpc) is 2.52. The van der Waals surface area contributed by atoms with E-state index >= 15 is 0 Å². The minimum atomic E-state index is 0.466. The molecule has 0 aliphatic heterocycles. The zero-order valence-electron chi connectivity index (χ0n) is 8.18. The van der Waals surface area contributed by atoms with Crippen LogP contribution in [0.3, 0.4) is 0 Å². The van der Waals surface area contributed by atoms with Crippen LogP contribution in [0.5, 0.6) is 0 Å². The molecule has 0 amide bonds. The van der Waals surface area contributed by atoms with Crippen LogP contribution in [0.25, 0.3) is 22.2 Å². The summed E-state index contributed by atoms with van der Waals surface area (Å²) >= 11 is 0. The number of fused-ring (bicyclic) bond motifs is 2. The van der Waals surface area contributed by atoms with Crippen molar-refractivity contribution in [2.75, 3.05) is 5.73 Å². The van der Waals surface area contributed by atoms with Crippen molar-refractivity contribution in [1.82, 2.24) is 19.5 Å². The second-order valence-corrected chi connectivity index (χ2v) is 3.41. The highest BCUT2D eigenvalue weighted by Gasteiger charge is 2.07. The monoisotopic (exact) mass is 199 g/mol. The van der Waals surface area contributed by atoms with Crippen LogP contribution < -0.4 is 5.73 Å². The van der Waals surface area contributed by atoms with Gasteiger partial charge >= 0.3 is 0 Å². The first kappa shape index (κ1) is 8.16. The molecular formula is C10H9N5. The number of aryl methyl sites for hydroxylation is 1. The van der Waals surface area contributed by atoms with E-state index in [4.69, 9.17) is 5.73 Å². The minimum Gasteiger partial charge on any atom is -0.369 e. The van der Waals surface area contributed by atoms with Crippen molar-refractivity contribution in [2.24, 2.45) is 7.05 Å². The lowest BCUT2D eigenvalue weighted by Gasteiger charge is -1.97. The van der Waals surface area contributed by atoms with Crippen molar-refractivity contribution < 1.29 is 0 Å². The predicted molar refractivity (Wildman–Crippen MR) is 58.2 cm³/mol. The second kappa shape index (κ2) is 2.66. The molecule has 0 atom stereocenters. The van der Waals surface area contributed by atoms with Gasteiger partial charge in [0.05, 0.1) is 0 Å². The third-order valence-corrected chi connectivity index (χ3v) is 2.45. The van der Waals surface area contributed by atoms with E-state index in [0.29, 0.717) is 11.6 Å². The standard InChI is InChI=1S/C10H9N5/c1-15-9-7(13-10(15)11)5-6-3-2-4-12-8(6)14-9/h2-5H,1H3,(H2,11,13). The highest BCUT2D eigenvalue weighted by molar-refractivity contribution is 5.88. The van der Waals surface area contributed by atoms with Gasteiger partial charge in [-0.3, -0.25) is 4.57 Å². The zero-order chi connectivity index (χ0) is 10.4. The molecule has 0 aliphatic carbocycles. The molecule has 15 heavy (non-hydrogen) atoms. The van der Waals surface area contributed by atoms with E-state index in [2.05, 4.69) is 15.0 Å². The van der Waals surface area contributed by atoms with Crippen molar-refractivity contribution in [3.63, 3.8) is 0 Å². The molecule has 0 aliphatic rings. The highest BCUT2D eigenvalue weighted by Crippen LogP contribution is 2.18. The molecule has 0 aromatic carbocycles. The van der Waals surface area contributed by atoms with Crippen molar-refractivity contribution in [1.29, 1.82) is 0 Å². The number of nitrogen functional groups attached to an aromatic ring is 1. The van der Waals surface area contributed by atoms with Crippen molar-refractivity contribution in [2.45, 2.75) is 0 Å². The Morgan fingerprint density at radius 2 is 2.20 bits per heavy atom. The van der Waals surface area contributed by atoms with Crippen LogP contribution in [0, 0.1) is 0 Å². The fourth-order valence-electron chi connectivity index (χ4n) is 1.62. The van der Waals surface area contributed by atoms with Crippen LogP contribution in [0.15, 0.2) is 24.4 Å². The Morgan fingerprint density at radius 3 is 3.07 bits per heavy atom. The van der Waals surface area contributed by atoms with Crippen LogP contribution in [-0.2, 0) is 7.05 Å². The average molecular weight is 199 g/mol. The van der Waals surface area contributed by atoms with Crippen LogP contribution in [0.4, 0.5) is 5.95 Å². The molecule has 2 N–H and O–H groups in total. The number of aromatic nitrogens is 4. The Balaban J connectivity index is 2.53. The minimum absolute atomic E-state index is 0.466. The van der Waals surface area contributed by atoms with Crippen molar-refractivity contribution in [3.05, 3.63) is 24.4 Å². The molecule has 0 saturated carbocycles. The zero-order valence-corrected chi connectivity index (χ0v) is 8.18. The normalized spacial score (nSPS) is 11.3. The van der Waals surface area contributed by atoms with E-state index in [0.717, 1.165) is 16.6 Å². The van der Waals surface area contributed by atoms with Gasteiger partial charge < -0.3 is 5.73 Å². The molecule has 0 fully saturated rings. The van der Waals surface area contributed by atoms with Crippen molar-refractivity contribution in [3.8, 4) is 0 Å². The first-order chi connectivity index (χ1) is 7.25. The largest absolute Gasteiger partial charge is 0.369 e. The summed E-state index contributed by atoms with van der Waals surface area (Å²) in [6, 6.07) is 5.78. The lowest BCUT2D eigenvalue weighted by Crippen LogP contribution is -1.97. The molecule has 74 valence electrons. The van der Waals surface area contributed by atoms with Gasteiger partial charge in [0.15, 0.2) is 11.3 Å². The maximum Gasteiger partial charge on any atom is 0.202 e. The van der Waals surface area contributed by atoms with Gasteiger partial charge in [0, 0.05) is 18.6 Å². The smallest absolute Gasteiger partial charge is 0.202 e. The molecule has 0 radical (unpaired) electrons. The van der Waals surface area contributed by atoms with Crippen LogP contribution >= 0.6 is 0 Å². The van der Waals surface area contributed by atoms with Crippen LogP contribution in [0.1, 0.15) is 0 Å². The molecule has 5 heteroatoms. The summed E-state index contributed by atoms with van der Waals surface area (Å²) in [4.78, 5) is 12.8. The highest BCUT2D eigenvalue weighted by atomic mass is 15.2. The number of pyridine rings is 2. The predicted octanol–water partition coefficient (Wildman–Crippen LogP) is 1.10. The van der Waals surface area contributed by atoms with Gasteiger partial charge in [0.2, 0.25) is 5.95 Å². The number of imidazole rings is 1. The molecular weight excluding hydrogens is 190 g/mol. The number of hydrogen-bond donors (Lipinski definition) is 1. The SMILES string of the molecule is Cn1c(N)nc2cc3cccnc3nc21. The molecule has 0 unspecified atom stereocenters. The Kier molecular flexibility index (Phi) is 1.45. The summed E-state index contributed by atoms with van der Waals surface area (Å²) in [5.41, 5.74) is 7.99. The van der Waals surface area contributed by atoms with Gasteiger partial charge in [0.1, 0.15) is 5.52 Å². The molecule has 0 saturated heterocycles. The van der Waals surface area contributed by atoms with E-state index in [1.807, 2.05) is 25.2 Å². The van der Waals surface area contributed by atoms with E-state index in [1.54, 1.807) is 10.8 Å². The van der Waals surface area contributed by atoms with Crippen LogP contribution in [-0.4, -0.2) is 19.5 Å². The van der Waals surface area contributed by atoms with Gasteiger partial charge in [-0.1, -0.05) is 0 Å². The third-order valence-electron chi connectivity index (χ3n) is 2.45. The number of hydrogen-bond acceptors (Lipinski definition) is 4. The summed E-state index contributed by atoms with van der Waals surface area (Å²) in [7, 11) is 1.84. The maximum atomic E-state index is 5.71. The lowest BCUT2D eigenvalue weighted by atomic mass is 10.3. The quantitative estimate of drug-likeness (QED) is 0.588. The van der Waals surface area contributed by atoms with Gasteiger partial charge in [0.25, 0.3) is 0 Å². The number of rotatable bonds is 0. The maximum absolute atomic E-state index is 5.71. The van der Waals surface area contributed by atoms with E-state index in [-0.39, 0.29) is 0 Å². The Hall–Kier alpha value is -2.17.